The fourth-order valence-electron chi connectivity index (χ4n) is 3.46. The normalized spacial score (nSPS) is 18.7. The van der Waals surface area contributed by atoms with Gasteiger partial charge in [-0.3, -0.25) is 9.69 Å². The molecule has 1 N–H and O–H groups in total. The molecule has 6 heteroatoms. The minimum atomic E-state index is -0.265. The van der Waals surface area contributed by atoms with Gasteiger partial charge in [-0.05, 0) is 49.1 Å². The topological polar surface area (TPSA) is 49.0 Å². The van der Waals surface area contributed by atoms with E-state index in [1.807, 2.05) is 6.07 Å². The minimum Gasteiger partial charge on any atom is -0.308 e. The van der Waals surface area contributed by atoms with Crippen LogP contribution in [-0.2, 0) is 6.54 Å². The summed E-state index contributed by atoms with van der Waals surface area (Å²) in [6, 6.07) is 8.24. The number of halogens is 1. The summed E-state index contributed by atoms with van der Waals surface area (Å²) < 4.78 is 13.7. The predicted molar refractivity (Wildman–Crippen MR) is 99.3 cm³/mol. The molecule has 1 fully saturated rings. The zero-order chi connectivity index (χ0) is 17.4. The largest absolute Gasteiger partial charge is 0.308 e. The lowest BCUT2D eigenvalue weighted by Crippen LogP contribution is -2.34. The fourth-order valence-corrected chi connectivity index (χ4v) is 4.46. The van der Waals surface area contributed by atoms with Crippen molar-refractivity contribution < 1.29 is 4.39 Å². The second-order valence-electron chi connectivity index (χ2n) is 6.83. The van der Waals surface area contributed by atoms with Gasteiger partial charge in [0.25, 0.3) is 5.56 Å². The number of benzene rings is 1. The highest BCUT2D eigenvalue weighted by molar-refractivity contribution is 7.22. The third-order valence-corrected chi connectivity index (χ3v) is 5.85. The van der Waals surface area contributed by atoms with Gasteiger partial charge in [-0.1, -0.05) is 19.1 Å². The lowest BCUT2D eigenvalue weighted by molar-refractivity contribution is 0.173. The first-order valence-electron chi connectivity index (χ1n) is 8.59. The van der Waals surface area contributed by atoms with Crippen molar-refractivity contribution >= 4 is 21.6 Å². The average molecular weight is 357 g/mol. The van der Waals surface area contributed by atoms with E-state index in [4.69, 9.17) is 0 Å². The van der Waals surface area contributed by atoms with Crippen LogP contribution in [-0.4, -0.2) is 28.0 Å². The molecule has 3 heterocycles. The molecule has 0 radical (unpaired) electrons. The maximum absolute atomic E-state index is 13.1. The molecule has 0 aliphatic carbocycles. The summed E-state index contributed by atoms with van der Waals surface area (Å²) in [5, 5.41) is 0. The lowest BCUT2D eigenvalue weighted by atomic mass is 10.0. The van der Waals surface area contributed by atoms with Crippen LogP contribution < -0.4 is 5.56 Å². The molecule has 0 bridgehead atoms. The molecule has 2 aromatic heterocycles. The SMILES string of the molecule is C[C@@H]1CCCN(Cc2nc3cc(-c4ccc(F)cc4)sc3c(=O)[nH]2)C1. The van der Waals surface area contributed by atoms with Crippen LogP contribution in [0.1, 0.15) is 25.6 Å². The van der Waals surface area contributed by atoms with Crippen LogP contribution in [0.15, 0.2) is 35.1 Å². The lowest BCUT2D eigenvalue weighted by Gasteiger charge is -2.30. The maximum atomic E-state index is 13.1. The van der Waals surface area contributed by atoms with Gasteiger partial charge in [-0.25, -0.2) is 9.37 Å². The van der Waals surface area contributed by atoms with Gasteiger partial charge >= 0.3 is 0 Å². The second-order valence-corrected chi connectivity index (χ2v) is 7.88. The first-order valence-corrected chi connectivity index (χ1v) is 9.41. The molecule has 4 nitrogen and oxygen atoms in total. The van der Waals surface area contributed by atoms with Crippen LogP contribution in [0.2, 0.25) is 0 Å². The Morgan fingerprint density at radius 2 is 2.16 bits per heavy atom. The highest BCUT2D eigenvalue weighted by atomic mass is 32.1. The van der Waals surface area contributed by atoms with Crippen LogP contribution >= 0.6 is 11.3 Å². The van der Waals surface area contributed by atoms with Crippen LogP contribution in [0, 0.1) is 11.7 Å². The van der Waals surface area contributed by atoms with E-state index in [1.54, 1.807) is 12.1 Å². The van der Waals surface area contributed by atoms with E-state index in [1.165, 1.54) is 36.3 Å². The Kier molecular flexibility index (Phi) is 4.39. The third kappa shape index (κ3) is 3.50. The number of hydrogen-bond acceptors (Lipinski definition) is 4. The van der Waals surface area contributed by atoms with Crippen molar-refractivity contribution in [2.24, 2.45) is 5.92 Å². The Morgan fingerprint density at radius 1 is 1.36 bits per heavy atom. The second kappa shape index (κ2) is 6.69. The Hall–Kier alpha value is -2.05. The number of hydrogen-bond donors (Lipinski definition) is 1. The summed E-state index contributed by atoms with van der Waals surface area (Å²) in [7, 11) is 0. The molecule has 1 aliphatic rings. The maximum Gasteiger partial charge on any atom is 0.268 e. The van der Waals surface area contributed by atoms with E-state index in [2.05, 4.69) is 21.8 Å². The Bertz CT molecular complexity index is 947. The van der Waals surface area contributed by atoms with Crippen LogP contribution in [0.4, 0.5) is 4.39 Å². The molecule has 0 amide bonds. The zero-order valence-corrected chi connectivity index (χ0v) is 14.9. The van der Waals surface area contributed by atoms with Gasteiger partial charge in [-0.2, -0.15) is 0 Å². The van der Waals surface area contributed by atoms with Crippen molar-refractivity contribution in [2.75, 3.05) is 13.1 Å². The van der Waals surface area contributed by atoms with Gasteiger partial charge in [0.15, 0.2) is 0 Å². The van der Waals surface area contributed by atoms with Crippen LogP contribution in [0.5, 0.6) is 0 Å². The number of H-pyrrole nitrogens is 1. The van der Waals surface area contributed by atoms with E-state index in [0.29, 0.717) is 22.7 Å². The highest BCUT2D eigenvalue weighted by Gasteiger charge is 2.18. The average Bonchev–Trinajstić information content (AvgIpc) is 3.00. The van der Waals surface area contributed by atoms with E-state index in [-0.39, 0.29) is 11.4 Å². The number of thiophene rings is 1. The van der Waals surface area contributed by atoms with E-state index >= 15 is 0 Å². The van der Waals surface area contributed by atoms with Gasteiger partial charge in [-0.15, -0.1) is 11.3 Å². The monoisotopic (exact) mass is 357 g/mol. The molecular weight excluding hydrogens is 337 g/mol. The van der Waals surface area contributed by atoms with Crippen LogP contribution in [0.3, 0.4) is 0 Å². The number of fused-ring (bicyclic) bond motifs is 1. The minimum absolute atomic E-state index is 0.0941. The Morgan fingerprint density at radius 3 is 2.92 bits per heavy atom. The number of nitrogens with zero attached hydrogens (tertiary/aromatic N) is 2. The molecule has 1 aliphatic heterocycles. The molecule has 0 spiro atoms. The number of rotatable bonds is 3. The number of aromatic amines is 1. The highest BCUT2D eigenvalue weighted by Crippen LogP contribution is 2.31. The van der Waals surface area contributed by atoms with Crippen molar-refractivity contribution in [1.29, 1.82) is 0 Å². The molecule has 25 heavy (non-hydrogen) atoms. The summed E-state index contributed by atoms with van der Waals surface area (Å²) >= 11 is 1.40. The van der Waals surface area contributed by atoms with Crippen molar-refractivity contribution in [3.8, 4) is 10.4 Å². The van der Waals surface area contributed by atoms with Crippen molar-refractivity contribution in [2.45, 2.75) is 26.3 Å². The quantitative estimate of drug-likeness (QED) is 0.770. The van der Waals surface area contributed by atoms with Gasteiger partial charge in [0, 0.05) is 11.4 Å². The number of aromatic nitrogens is 2. The third-order valence-electron chi connectivity index (χ3n) is 4.68. The summed E-state index contributed by atoms with van der Waals surface area (Å²) in [6.45, 7) is 5.04. The molecule has 0 saturated carbocycles. The van der Waals surface area contributed by atoms with Crippen molar-refractivity contribution in [3.63, 3.8) is 0 Å². The summed E-state index contributed by atoms with van der Waals surface area (Å²) in [5.74, 6) is 1.14. The zero-order valence-electron chi connectivity index (χ0n) is 14.1. The molecular formula is C19H20FN3OS. The predicted octanol–water partition coefficient (Wildman–Crippen LogP) is 4.02. The van der Waals surface area contributed by atoms with Gasteiger partial charge < -0.3 is 4.98 Å². The number of likely N-dealkylation sites (tertiary alicyclic amines) is 1. The molecule has 1 atom stereocenters. The van der Waals surface area contributed by atoms with Gasteiger partial charge in [0.1, 0.15) is 16.3 Å². The Balaban J connectivity index is 1.65. The van der Waals surface area contributed by atoms with Crippen molar-refractivity contribution in [1.82, 2.24) is 14.9 Å². The van der Waals surface area contributed by atoms with Crippen LogP contribution in [0.25, 0.3) is 20.7 Å². The fraction of sp³-hybridized carbons (Fsp3) is 0.368. The Labute approximate surface area is 149 Å². The summed E-state index contributed by atoms with van der Waals surface area (Å²) in [6.07, 6.45) is 2.46. The van der Waals surface area contributed by atoms with Gasteiger partial charge in [0.05, 0.1) is 12.1 Å². The van der Waals surface area contributed by atoms with E-state index in [9.17, 15) is 9.18 Å². The standard InChI is InChI=1S/C19H20FN3OS/c1-12-3-2-8-23(10-12)11-17-21-15-9-16(25-18(15)19(24)22-17)13-4-6-14(20)7-5-13/h4-7,9,12H,2-3,8,10-11H2,1H3,(H,21,22,24)/t12-/m1/s1. The summed E-state index contributed by atoms with van der Waals surface area (Å²) in [5.41, 5.74) is 1.52. The smallest absolute Gasteiger partial charge is 0.268 e. The molecule has 1 aromatic carbocycles. The summed E-state index contributed by atoms with van der Waals surface area (Å²) in [4.78, 5) is 23.3. The molecule has 0 unspecified atom stereocenters. The van der Waals surface area contributed by atoms with E-state index in [0.717, 1.165) is 29.4 Å². The molecule has 1 saturated heterocycles. The van der Waals surface area contributed by atoms with Crippen molar-refractivity contribution in [3.05, 3.63) is 52.3 Å². The molecule has 4 rings (SSSR count). The first kappa shape index (κ1) is 16.4. The number of nitrogens with one attached hydrogen (secondary N) is 1. The number of piperidine rings is 1. The van der Waals surface area contributed by atoms with Gasteiger partial charge in [0.2, 0.25) is 0 Å². The molecule has 130 valence electrons. The molecule has 3 aromatic rings. The van der Waals surface area contributed by atoms with E-state index < -0.39 is 0 Å². The first-order chi connectivity index (χ1) is 12.1.